The minimum absolute atomic E-state index is 0.297. The van der Waals surface area contributed by atoms with Crippen LogP contribution in [0.3, 0.4) is 0 Å². The van der Waals surface area contributed by atoms with Gasteiger partial charge in [-0.2, -0.15) is 5.26 Å². The van der Waals surface area contributed by atoms with Crippen molar-refractivity contribution in [3.63, 3.8) is 0 Å². The maximum atomic E-state index is 11.9. The summed E-state index contributed by atoms with van der Waals surface area (Å²) in [6.07, 6.45) is 1.78. The summed E-state index contributed by atoms with van der Waals surface area (Å²) < 4.78 is 0. The standard InChI is InChI=1S/C14H10ClN3O/c15-11-3-6-13(17-9-11)14(19)18-12-4-1-10(2-5-12)7-8-16/h1-6,9H,7H2,(H,18,19). The number of pyridine rings is 1. The molecule has 1 aromatic heterocycles. The first-order valence-corrected chi connectivity index (χ1v) is 5.95. The van der Waals surface area contributed by atoms with E-state index in [9.17, 15) is 4.79 Å². The molecular formula is C14H10ClN3O. The quantitative estimate of drug-likeness (QED) is 0.933. The molecule has 19 heavy (non-hydrogen) atoms. The Morgan fingerprint density at radius 1 is 1.26 bits per heavy atom. The second-order valence-electron chi connectivity index (χ2n) is 3.85. The Morgan fingerprint density at radius 3 is 2.58 bits per heavy atom. The molecule has 0 radical (unpaired) electrons. The van der Waals surface area contributed by atoms with Crippen LogP contribution in [0.25, 0.3) is 0 Å². The number of aromatic nitrogens is 1. The van der Waals surface area contributed by atoms with Gasteiger partial charge in [-0.25, -0.2) is 4.98 Å². The highest BCUT2D eigenvalue weighted by Gasteiger charge is 2.07. The number of nitrogens with zero attached hydrogens (tertiary/aromatic N) is 2. The van der Waals surface area contributed by atoms with E-state index in [-0.39, 0.29) is 5.91 Å². The first kappa shape index (κ1) is 13.1. The van der Waals surface area contributed by atoms with Crippen LogP contribution in [0.2, 0.25) is 5.02 Å². The summed E-state index contributed by atoms with van der Waals surface area (Å²) in [6, 6.07) is 12.3. The maximum absolute atomic E-state index is 11.9. The zero-order chi connectivity index (χ0) is 13.7. The van der Waals surface area contributed by atoms with E-state index in [1.54, 1.807) is 36.4 Å². The molecule has 4 nitrogen and oxygen atoms in total. The number of rotatable bonds is 3. The van der Waals surface area contributed by atoms with Crippen molar-refractivity contribution in [2.24, 2.45) is 0 Å². The molecule has 1 aromatic carbocycles. The fourth-order valence-corrected chi connectivity index (χ4v) is 1.61. The van der Waals surface area contributed by atoms with Gasteiger partial charge in [-0.3, -0.25) is 4.79 Å². The van der Waals surface area contributed by atoms with Gasteiger partial charge in [-0.05, 0) is 29.8 Å². The number of benzene rings is 1. The van der Waals surface area contributed by atoms with Gasteiger partial charge in [-0.15, -0.1) is 0 Å². The second-order valence-corrected chi connectivity index (χ2v) is 4.28. The lowest BCUT2D eigenvalue weighted by atomic mass is 10.1. The summed E-state index contributed by atoms with van der Waals surface area (Å²) in [4.78, 5) is 15.8. The Morgan fingerprint density at radius 2 is 2.00 bits per heavy atom. The molecule has 0 aliphatic heterocycles. The minimum Gasteiger partial charge on any atom is -0.321 e. The molecule has 0 fully saturated rings. The van der Waals surface area contributed by atoms with Crippen LogP contribution in [0.4, 0.5) is 5.69 Å². The smallest absolute Gasteiger partial charge is 0.274 e. The van der Waals surface area contributed by atoms with Gasteiger partial charge >= 0.3 is 0 Å². The number of carbonyl (C=O) groups excluding carboxylic acids is 1. The van der Waals surface area contributed by atoms with Gasteiger partial charge < -0.3 is 5.32 Å². The van der Waals surface area contributed by atoms with Crippen molar-refractivity contribution in [1.29, 1.82) is 5.26 Å². The molecule has 0 saturated carbocycles. The van der Waals surface area contributed by atoms with Crippen molar-refractivity contribution in [1.82, 2.24) is 4.98 Å². The molecule has 0 spiro atoms. The molecule has 1 amide bonds. The number of nitriles is 1. The predicted octanol–water partition coefficient (Wildman–Crippen LogP) is 3.05. The third-order valence-corrected chi connectivity index (χ3v) is 2.68. The van der Waals surface area contributed by atoms with Crippen LogP contribution in [-0.2, 0) is 6.42 Å². The zero-order valence-corrected chi connectivity index (χ0v) is 10.7. The molecule has 0 aliphatic rings. The van der Waals surface area contributed by atoms with Crippen molar-refractivity contribution in [2.45, 2.75) is 6.42 Å². The van der Waals surface area contributed by atoms with E-state index in [4.69, 9.17) is 16.9 Å². The summed E-state index contributed by atoms with van der Waals surface area (Å²) >= 11 is 5.70. The first-order valence-electron chi connectivity index (χ1n) is 5.58. The van der Waals surface area contributed by atoms with E-state index >= 15 is 0 Å². The summed E-state index contributed by atoms with van der Waals surface area (Å²) in [5.41, 5.74) is 1.86. The number of anilines is 1. The summed E-state index contributed by atoms with van der Waals surface area (Å²) in [5, 5.41) is 11.8. The molecule has 5 heteroatoms. The van der Waals surface area contributed by atoms with Crippen LogP contribution in [0, 0.1) is 11.3 Å². The molecule has 1 N–H and O–H groups in total. The monoisotopic (exact) mass is 271 g/mol. The lowest BCUT2D eigenvalue weighted by molar-refractivity contribution is 0.102. The van der Waals surface area contributed by atoms with Gasteiger partial charge in [0.25, 0.3) is 5.91 Å². The Kier molecular flexibility index (Phi) is 4.11. The van der Waals surface area contributed by atoms with Crippen LogP contribution < -0.4 is 5.32 Å². The summed E-state index contributed by atoms with van der Waals surface area (Å²) in [5.74, 6) is -0.301. The Hall–Kier alpha value is -2.38. The molecule has 2 aromatic rings. The third kappa shape index (κ3) is 3.54. The number of amides is 1. The fourth-order valence-electron chi connectivity index (χ4n) is 1.50. The SMILES string of the molecule is N#CCc1ccc(NC(=O)c2ccc(Cl)cn2)cc1. The number of nitrogens with one attached hydrogen (secondary N) is 1. The molecule has 0 aliphatic carbocycles. The summed E-state index contributed by atoms with van der Waals surface area (Å²) in [7, 11) is 0. The Balaban J connectivity index is 2.06. The highest BCUT2D eigenvalue weighted by molar-refractivity contribution is 6.30. The number of hydrogen-bond acceptors (Lipinski definition) is 3. The van der Waals surface area contributed by atoms with E-state index in [0.29, 0.717) is 22.8 Å². The van der Waals surface area contributed by atoms with Gasteiger partial charge in [0.15, 0.2) is 0 Å². The predicted molar refractivity (Wildman–Crippen MR) is 73.0 cm³/mol. The third-order valence-electron chi connectivity index (χ3n) is 2.46. The Bertz CT molecular complexity index is 615. The molecule has 0 atom stereocenters. The molecule has 0 bridgehead atoms. The van der Waals surface area contributed by atoms with Gasteiger partial charge in [0, 0.05) is 11.9 Å². The fraction of sp³-hybridized carbons (Fsp3) is 0.0714. The highest BCUT2D eigenvalue weighted by atomic mass is 35.5. The number of halogens is 1. The van der Waals surface area contributed by atoms with Crippen LogP contribution in [0.1, 0.15) is 16.1 Å². The number of hydrogen-bond donors (Lipinski definition) is 1. The van der Waals surface area contributed by atoms with Crippen molar-refractivity contribution in [2.75, 3.05) is 5.32 Å². The van der Waals surface area contributed by atoms with Gasteiger partial charge in [0.05, 0.1) is 17.5 Å². The lowest BCUT2D eigenvalue weighted by Crippen LogP contribution is -2.13. The van der Waals surface area contributed by atoms with Gasteiger partial charge in [-0.1, -0.05) is 23.7 Å². The molecule has 2 rings (SSSR count). The summed E-state index contributed by atoms with van der Waals surface area (Å²) in [6.45, 7) is 0. The van der Waals surface area contributed by atoms with E-state index in [0.717, 1.165) is 5.56 Å². The maximum Gasteiger partial charge on any atom is 0.274 e. The van der Waals surface area contributed by atoms with Crippen LogP contribution >= 0.6 is 11.6 Å². The van der Waals surface area contributed by atoms with Crippen molar-refractivity contribution >= 4 is 23.2 Å². The zero-order valence-electron chi connectivity index (χ0n) is 9.93. The van der Waals surface area contributed by atoms with E-state index < -0.39 is 0 Å². The minimum atomic E-state index is -0.301. The van der Waals surface area contributed by atoms with Gasteiger partial charge in [0.1, 0.15) is 5.69 Å². The van der Waals surface area contributed by atoms with Crippen molar-refractivity contribution in [3.05, 3.63) is 58.9 Å². The van der Waals surface area contributed by atoms with Crippen molar-refractivity contribution < 1.29 is 4.79 Å². The average Bonchev–Trinajstić information content (AvgIpc) is 2.42. The number of carbonyl (C=O) groups is 1. The normalized spacial score (nSPS) is 9.68. The lowest BCUT2D eigenvalue weighted by Gasteiger charge is -2.05. The molecule has 1 heterocycles. The van der Waals surface area contributed by atoms with Crippen molar-refractivity contribution in [3.8, 4) is 6.07 Å². The van der Waals surface area contributed by atoms with Crippen LogP contribution in [-0.4, -0.2) is 10.9 Å². The Labute approximate surface area is 115 Å². The molecular weight excluding hydrogens is 262 g/mol. The van der Waals surface area contributed by atoms with Crippen LogP contribution in [0.5, 0.6) is 0 Å². The van der Waals surface area contributed by atoms with E-state index in [1.807, 2.05) is 0 Å². The topological polar surface area (TPSA) is 65.8 Å². The highest BCUT2D eigenvalue weighted by Crippen LogP contribution is 2.12. The largest absolute Gasteiger partial charge is 0.321 e. The molecule has 94 valence electrons. The second kappa shape index (κ2) is 5.98. The van der Waals surface area contributed by atoms with E-state index in [2.05, 4.69) is 16.4 Å². The van der Waals surface area contributed by atoms with E-state index in [1.165, 1.54) is 6.20 Å². The average molecular weight is 272 g/mol. The van der Waals surface area contributed by atoms with Gasteiger partial charge in [0.2, 0.25) is 0 Å². The first-order chi connectivity index (χ1) is 9.19. The molecule has 0 unspecified atom stereocenters. The van der Waals surface area contributed by atoms with Crippen LogP contribution in [0.15, 0.2) is 42.6 Å². The molecule has 0 saturated heterocycles.